The van der Waals surface area contributed by atoms with Crippen LogP contribution in [-0.2, 0) is 0 Å². The van der Waals surface area contributed by atoms with Crippen LogP contribution in [0.25, 0.3) is 28.7 Å². The van der Waals surface area contributed by atoms with E-state index in [1.165, 1.54) is 4.57 Å². The maximum absolute atomic E-state index is 13.1. The molecule has 2 aromatic carbocycles. The number of nitrogens with zero attached hydrogens (tertiary/aromatic N) is 2. The van der Waals surface area contributed by atoms with Crippen molar-refractivity contribution in [3.8, 4) is 5.69 Å². The summed E-state index contributed by atoms with van der Waals surface area (Å²) in [6.07, 6.45) is 5.11. The van der Waals surface area contributed by atoms with E-state index in [1.54, 1.807) is 42.7 Å². The highest BCUT2D eigenvalue weighted by Gasteiger charge is 2.13. The van der Waals surface area contributed by atoms with Crippen molar-refractivity contribution in [3.63, 3.8) is 0 Å². The van der Waals surface area contributed by atoms with E-state index >= 15 is 0 Å². The Balaban J connectivity index is 2.01. The van der Waals surface area contributed by atoms with Gasteiger partial charge in [0.2, 0.25) is 0 Å². The predicted molar refractivity (Wildman–Crippen MR) is 100.0 cm³/mol. The summed E-state index contributed by atoms with van der Waals surface area (Å²) in [5.41, 5.74) is 1.05. The van der Waals surface area contributed by atoms with Crippen LogP contribution in [0.2, 0.25) is 5.02 Å². The highest BCUT2D eigenvalue weighted by Crippen LogP contribution is 2.21. The van der Waals surface area contributed by atoms with Crippen LogP contribution in [0, 0.1) is 0 Å². The summed E-state index contributed by atoms with van der Waals surface area (Å²) in [7, 11) is 0. The molecule has 0 amide bonds. The summed E-state index contributed by atoms with van der Waals surface area (Å²) >= 11 is 6.32. The van der Waals surface area contributed by atoms with Gasteiger partial charge in [-0.3, -0.25) is 9.36 Å². The number of halogens is 1. The third-order valence-electron chi connectivity index (χ3n) is 3.83. The van der Waals surface area contributed by atoms with Gasteiger partial charge >= 0.3 is 0 Å². The van der Waals surface area contributed by atoms with Crippen molar-refractivity contribution in [2.75, 3.05) is 0 Å². The van der Waals surface area contributed by atoms with Crippen LogP contribution >= 0.6 is 11.6 Å². The van der Waals surface area contributed by atoms with Gasteiger partial charge in [0.15, 0.2) is 0 Å². The highest BCUT2D eigenvalue weighted by atomic mass is 35.5. The Morgan fingerprint density at radius 3 is 2.56 bits per heavy atom. The molecule has 0 bridgehead atoms. The lowest BCUT2D eigenvalue weighted by Crippen LogP contribution is -2.22. The fourth-order valence-electron chi connectivity index (χ4n) is 2.67. The van der Waals surface area contributed by atoms with E-state index in [1.807, 2.05) is 36.4 Å². The normalized spacial score (nSPS) is 11.4. The third-order valence-corrected chi connectivity index (χ3v) is 4.15. The van der Waals surface area contributed by atoms with E-state index in [9.17, 15) is 4.79 Å². The molecule has 0 saturated carbocycles. The lowest BCUT2D eigenvalue weighted by molar-refractivity contribution is 0.557. The molecule has 25 heavy (non-hydrogen) atoms. The quantitative estimate of drug-likeness (QED) is 0.534. The number of fused-ring (bicyclic) bond motifs is 1. The average Bonchev–Trinajstić information content (AvgIpc) is 3.15. The standard InChI is InChI=1S/C20H13ClN2O2/c21-16-8-2-4-10-18(16)23-19(12-11-14-6-5-13-25-14)22-17-9-3-1-7-15(17)20(23)24/h1-13H/b12-11-. The van der Waals surface area contributed by atoms with Crippen LogP contribution in [0.5, 0.6) is 0 Å². The molecule has 2 heterocycles. The molecule has 4 rings (SSSR count). The molecule has 2 aromatic heterocycles. The zero-order valence-corrected chi connectivity index (χ0v) is 13.9. The van der Waals surface area contributed by atoms with Gasteiger partial charge in [0.25, 0.3) is 5.56 Å². The molecular weight excluding hydrogens is 336 g/mol. The van der Waals surface area contributed by atoms with E-state index < -0.39 is 0 Å². The van der Waals surface area contributed by atoms with Gasteiger partial charge < -0.3 is 4.42 Å². The van der Waals surface area contributed by atoms with Crippen LogP contribution in [0.15, 0.2) is 76.1 Å². The van der Waals surface area contributed by atoms with Gasteiger partial charge in [-0.25, -0.2) is 4.98 Å². The van der Waals surface area contributed by atoms with E-state index in [2.05, 4.69) is 4.98 Å². The van der Waals surface area contributed by atoms with Crippen molar-refractivity contribution in [3.05, 3.63) is 93.9 Å². The van der Waals surface area contributed by atoms with E-state index in [0.717, 1.165) is 0 Å². The van der Waals surface area contributed by atoms with Crippen molar-refractivity contribution >= 4 is 34.7 Å². The second-order valence-electron chi connectivity index (χ2n) is 5.43. The molecule has 0 unspecified atom stereocenters. The first-order valence-electron chi connectivity index (χ1n) is 7.72. The Morgan fingerprint density at radius 2 is 1.76 bits per heavy atom. The van der Waals surface area contributed by atoms with Gasteiger partial charge in [0.05, 0.1) is 27.9 Å². The van der Waals surface area contributed by atoms with Crippen LogP contribution in [0.1, 0.15) is 11.6 Å². The fourth-order valence-corrected chi connectivity index (χ4v) is 2.89. The average molecular weight is 349 g/mol. The Labute approximate surface area is 148 Å². The van der Waals surface area contributed by atoms with Crippen LogP contribution in [0.4, 0.5) is 0 Å². The summed E-state index contributed by atoms with van der Waals surface area (Å²) in [5, 5.41) is 1.02. The lowest BCUT2D eigenvalue weighted by Gasteiger charge is -2.12. The van der Waals surface area contributed by atoms with Gasteiger partial charge in [0.1, 0.15) is 11.6 Å². The van der Waals surface area contributed by atoms with E-state index in [0.29, 0.717) is 33.2 Å². The SMILES string of the molecule is O=c1c2ccccc2nc(/C=C\c2ccco2)n1-c1ccccc1Cl. The minimum atomic E-state index is -0.169. The number of furan rings is 1. The molecule has 0 fully saturated rings. The van der Waals surface area contributed by atoms with Gasteiger partial charge in [-0.05, 0) is 48.6 Å². The predicted octanol–water partition coefficient (Wildman–Crippen LogP) is 4.80. The number of hydrogen-bond donors (Lipinski definition) is 0. The monoisotopic (exact) mass is 348 g/mol. The Hall–Kier alpha value is -3.11. The topological polar surface area (TPSA) is 48.0 Å². The molecule has 0 radical (unpaired) electrons. The van der Waals surface area contributed by atoms with Crippen molar-refractivity contribution < 1.29 is 4.42 Å². The van der Waals surface area contributed by atoms with Gasteiger partial charge in [-0.1, -0.05) is 35.9 Å². The van der Waals surface area contributed by atoms with Crippen molar-refractivity contribution in [1.29, 1.82) is 0 Å². The first-order valence-corrected chi connectivity index (χ1v) is 8.10. The maximum atomic E-state index is 13.1. The molecule has 0 aliphatic heterocycles. The summed E-state index contributed by atoms with van der Waals surface area (Å²) in [6, 6.07) is 18.1. The lowest BCUT2D eigenvalue weighted by atomic mass is 10.2. The highest BCUT2D eigenvalue weighted by molar-refractivity contribution is 6.32. The first-order chi connectivity index (χ1) is 12.2. The Bertz CT molecular complexity index is 1130. The summed E-state index contributed by atoms with van der Waals surface area (Å²) in [4.78, 5) is 17.7. The second kappa shape index (κ2) is 6.42. The smallest absolute Gasteiger partial charge is 0.266 e. The summed E-state index contributed by atoms with van der Waals surface area (Å²) < 4.78 is 6.83. The van der Waals surface area contributed by atoms with Gasteiger partial charge in [-0.15, -0.1) is 0 Å². The summed E-state index contributed by atoms with van der Waals surface area (Å²) in [5.74, 6) is 1.15. The zero-order valence-electron chi connectivity index (χ0n) is 13.1. The minimum absolute atomic E-state index is 0.169. The minimum Gasteiger partial charge on any atom is -0.465 e. The molecule has 0 aliphatic carbocycles. The second-order valence-corrected chi connectivity index (χ2v) is 5.84. The molecule has 0 atom stereocenters. The molecular formula is C20H13ClN2O2. The zero-order chi connectivity index (χ0) is 17.2. The number of benzene rings is 2. The molecule has 0 saturated heterocycles. The molecule has 4 aromatic rings. The first kappa shape index (κ1) is 15.4. The molecule has 0 spiro atoms. The summed E-state index contributed by atoms with van der Waals surface area (Å²) in [6.45, 7) is 0. The van der Waals surface area contributed by atoms with Crippen molar-refractivity contribution in [2.24, 2.45) is 0 Å². The third kappa shape index (κ3) is 2.88. The molecule has 4 nitrogen and oxygen atoms in total. The van der Waals surface area contributed by atoms with Gasteiger partial charge in [-0.2, -0.15) is 0 Å². The Morgan fingerprint density at radius 1 is 0.960 bits per heavy atom. The molecule has 122 valence electrons. The largest absolute Gasteiger partial charge is 0.465 e. The van der Waals surface area contributed by atoms with Gasteiger partial charge in [0, 0.05) is 0 Å². The number of rotatable bonds is 3. The number of aromatic nitrogens is 2. The molecule has 0 N–H and O–H groups in total. The van der Waals surface area contributed by atoms with Crippen molar-refractivity contribution in [1.82, 2.24) is 9.55 Å². The molecule has 0 aliphatic rings. The Kier molecular flexibility index (Phi) is 3.96. The van der Waals surface area contributed by atoms with Crippen molar-refractivity contribution in [2.45, 2.75) is 0 Å². The number of para-hydroxylation sites is 2. The van der Waals surface area contributed by atoms with E-state index in [-0.39, 0.29) is 5.56 Å². The number of hydrogen-bond acceptors (Lipinski definition) is 3. The molecule has 5 heteroatoms. The fraction of sp³-hybridized carbons (Fsp3) is 0. The van der Waals surface area contributed by atoms with Crippen LogP contribution < -0.4 is 5.56 Å². The van der Waals surface area contributed by atoms with Crippen LogP contribution in [0.3, 0.4) is 0 Å². The maximum Gasteiger partial charge on any atom is 0.266 e. The van der Waals surface area contributed by atoms with Crippen LogP contribution in [-0.4, -0.2) is 9.55 Å². The van der Waals surface area contributed by atoms with E-state index in [4.69, 9.17) is 16.0 Å².